The van der Waals surface area contributed by atoms with Crippen molar-refractivity contribution in [3.05, 3.63) is 120 Å². The average Bonchev–Trinajstić information content (AvgIpc) is 3.31. The number of hydrogen-bond acceptors (Lipinski definition) is 4. The molecule has 0 aliphatic carbocycles. The summed E-state index contributed by atoms with van der Waals surface area (Å²) in [7, 11) is 0. The van der Waals surface area contributed by atoms with Gasteiger partial charge in [-0.25, -0.2) is 10.2 Å². The van der Waals surface area contributed by atoms with Gasteiger partial charge in [-0.3, -0.25) is 4.79 Å². The first-order valence-electron chi connectivity index (χ1n) is 11.6. The quantitative estimate of drug-likeness (QED) is 0.0794. The van der Waals surface area contributed by atoms with Gasteiger partial charge in [0, 0.05) is 36.5 Å². The number of fused-ring (bicyclic) bond motifs is 1. The Hall–Kier alpha value is -3.14. The van der Waals surface area contributed by atoms with Gasteiger partial charge in [-0.2, -0.15) is 5.10 Å². The minimum absolute atomic E-state index is 0.221. The number of carbonyl (C=O) groups is 2. The number of aromatic amines is 1. The van der Waals surface area contributed by atoms with E-state index in [1.807, 2.05) is 30.3 Å². The molecule has 1 amide bonds. The third-order valence-electron chi connectivity index (χ3n) is 5.79. The number of H-pyrrole nitrogens is 1. The maximum Gasteiger partial charge on any atom is 0.343 e. The number of esters is 1. The monoisotopic (exact) mass is 717 g/mol. The molecule has 4 aromatic carbocycles. The fourth-order valence-electron chi connectivity index (χ4n) is 4.05. The summed E-state index contributed by atoms with van der Waals surface area (Å²) in [5.74, 6) is -0.870. The van der Waals surface area contributed by atoms with Crippen molar-refractivity contribution in [2.75, 3.05) is 0 Å². The van der Waals surface area contributed by atoms with Crippen molar-refractivity contribution in [1.82, 2.24) is 10.4 Å². The van der Waals surface area contributed by atoms with Gasteiger partial charge in [-0.05, 0) is 70.0 Å². The first-order chi connectivity index (χ1) is 19.2. The fourth-order valence-corrected chi connectivity index (χ4v) is 6.10. The lowest BCUT2D eigenvalue weighted by Crippen LogP contribution is -2.19. The molecule has 0 aliphatic rings. The highest BCUT2D eigenvalue weighted by molar-refractivity contribution is 9.11. The lowest BCUT2D eigenvalue weighted by Gasteiger charge is -2.11. The van der Waals surface area contributed by atoms with E-state index >= 15 is 0 Å². The van der Waals surface area contributed by atoms with Gasteiger partial charge in [-0.15, -0.1) is 0 Å². The fraction of sp³-hybridized carbons (Fsp3) is 0. The highest BCUT2D eigenvalue weighted by Crippen LogP contribution is 2.38. The Kier molecular flexibility index (Phi) is 8.63. The molecule has 1 aromatic heterocycles. The standard InChI is InChI=1S/C29H16Br2Cl3N3O3/c30-18-10-17(27(21(31)11-18)40-29(39)16-6-8-19(32)9-7-16)14-35-37-28(38)26-24(15-4-2-1-3-5-15)25-22(34)12-20(33)13-23(25)36-26/h1-14,36H,(H,37,38). The van der Waals surface area contributed by atoms with Gasteiger partial charge in [0.25, 0.3) is 5.91 Å². The second-order valence-electron chi connectivity index (χ2n) is 8.45. The Bertz CT molecular complexity index is 1790. The van der Waals surface area contributed by atoms with E-state index in [0.717, 1.165) is 5.56 Å². The molecule has 0 radical (unpaired) electrons. The molecule has 6 nitrogen and oxygen atoms in total. The molecule has 1 heterocycles. The summed E-state index contributed by atoms with van der Waals surface area (Å²) in [6.07, 6.45) is 1.38. The number of halogens is 5. The molecule has 5 rings (SSSR count). The van der Waals surface area contributed by atoms with Crippen molar-refractivity contribution in [3.63, 3.8) is 0 Å². The smallest absolute Gasteiger partial charge is 0.343 e. The van der Waals surface area contributed by atoms with Crippen LogP contribution < -0.4 is 10.2 Å². The van der Waals surface area contributed by atoms with Crippen LogP contribution in [0.2, 0.25) is 15.1 Å². The molecule has 11 heteroatoms. The Morgan fingerprint density at radius 1 is 0.900 bits per heavy atom. The van der Waals surface area contributed by atoms with Gasteiger partial charge in [0.1, 0.15) is 5.69 Å². The maximum absolute atomic E-state index is 13.4. The van der Waals surface area contributed by atoms with Crippen molar-refractivity contribution < 1.29 is 14.3 Å². The van der Waals surface area contributed by atoms with Crippen molar-refractivity contribution in [2.24, 2.45) is 5.10 Å². The van der Waals surface area contributed by atoms with Crippen LogP contribution in [0.4, 0.5) is 0 Å². The van der Waals surface area contributed by atoms with Crippen LogP contribution in [0.25, 0.3) is 22.0 Å². The Morgan fingerprint density at radius 3 is 2.35 bits per heavy atom. The Labute approximate surface area is 260 Å². The van der Waals surface area contributed by atoms with Gasteiger partial charge in [0.05, 0.1) is 21.3 Å². The number of nitrogens with zero attached hydrogens (tertiary/aromatic N) is 1. The number of hydrazone groups is 1. The highest BCUT2D eigenvalue weighted by atomic mass is 79.9. The zero-order valence-electron chi connectivity index (χ0n) is 20.1. The minimum Gasteiger partial charge on any atom is -0.421 e. The molecule has 0 saturated carbocycles. The molecular formula is C29H16Br2Cl3N3O3. The molecule has 0 aliphatic heterocycles. The zero-order valence-corrected chi connectivity index (χ0v) is 25.6. The van der Waals surface area contributed by atoms with Crippen LogP contribution in [-0.4, -0.2) is 23.1 Å². The van der Waals surface area contributed by atoms with E-state index in [1.165, 1.54) is 6.21 Å². The molecule has 5 aromatic rings. The number of benzene rings is 4. The van der Waals surface area contributed by atoms with E-state index in [0.29, 0.717) is 51.6 Å². The van der Waals surface area contributed by atoms with Crippen molar-refractivity contribution >= 4 is 95.7 Å². The molecule has 0 bridgehead atoms. The second kappa shape index (κ2) is 12.2. The second-order valence-corrected chi connectivity index (χ2v) is 11.5. The van der Waals surface area contributed by atoms with Gasteiger partial charge < -0.3 is 9.72 Å². The summed E-state index contributed by atoms with van der Waals surface area (Å²) in [5.41, 5.74) is 5.57. The van der Waals surface area contributed by atoms with E-state index in [9.17, 15) is 9.59 Å². The van der Waals surface area contributed by atoms with Crippen LogP contribution in [-0.2, 0) is 0 Å². The summed E-state index contributed by atoms with van der Waals surface area (Å²) in [5, 5.41) is 6.15. The molecule has 0 unspecified atom stereocenters. The summed E-state index contributed by atoms with van der Waals surface area (Å²) in [6, 6.07) is 22.5. The third-order valence-corrected chi connectivity index (χ3v) is 7.60. The van der Waals surface area contributed by atoms with Crippen molar-refractivity contribution in [2.45, 2.75) is 0 Å². The molecule has 2 N–H and O–H groups in total. The number of nitrogens with one attached hydrogen (secondary N) is 2. The third kappa shape index (κ3) is 6.11. The first kappa shape index (κ1) is 28.4. The summed E-state index contributed by atoms with van der Waals surface area (Å²) in [4.78, 5) is 29.2. The van der Waals surface area contributed by atoms with Crippen LogP contribution in [0.15, 0.2) is 92.9 Å². The Balaban J connectivity index is 1.46. The number of hydrogen-bond donors (Lipinski definition) is 2. The lowest BCUT2D eigenvalue weighted by molar-refractivity contribution is 0.0733. The predicted octanol–water partition coefficient (Wildman–Crippen LogP) is 9.30. The number of aromatic nitrogens is 1. The number of amides is 1. The van der Waals surface area contributed by atoms with Crippen LogP contribution in [0.3, 0.4) is 0 Å². The zero-order chi connectivity index (χ0) is 28.4. The van der Waals surface area contributed by atoms with Crippen molar-refractivity contribution in [1.29, 1.82) is 0 Å². The van der Waals surface area contributed by atoms with E-state index in [1.54, 1.807) is 48.5 Å². The summed E-state index contributed by atoms with van der Waals surface area (Å²) >= 11 is 25.5. The van der Waals surface area contributed by atoms with Gasteiger partial charge in [0.15, 0.2) is 5.75 Å². The lowest BCUT2D eigenvalue weighted by atomic mass is 10.0. The highest BCUT2D eigenvalue weighted by Gasteiger charge is 2.22. The maximum atomic E-state index is 13.4. The van der Waals surface area contributed by atoms with Crippen LogP contribution in [0.1, 0.15) is 26.4 Å². The summed E-state index contributed by atoms with van der Waals surface area (Å²) in [6.45, 7) is 0. The SMILES string of the molecule is O=C(Oc1c(Br)cc(Br)cc1C=NNC(=O)c1[nH]c2cc(Cl)cc(Cl)c2c1-c1ccccc1)c1ccc(Cl)cc1. The predicted molar refractivity (Wildman–Crippen MR) is 167 cm³/mol. The Morgan fingerprint density at radius 2 is 1.62 bits per heavy atom. The summed E-state index contributed by atoms with van der Waals surface area (Å²) < 4.78 is 6.86. The van der Waals surface area contributed by atoms with Gasteiger partial charge >= 0.3 is 5.97 Å². The molecule has 0 saturated heterocycles. The number of ether oxygens (including phenoxy) is 1. The number of rotatable bonds is 6. The average molecular weight is 721 g/mol. The molecule has 0 fully saturated rings. The van der Waals surface area contributed by atoms with Gasteiger partial charge in [0.2, 0.25) is 0 Å². The first-order valence-corrected chi connectivity index (χ1v) is 14.3. The van der Waals surface area contributed by atoms with E-state index in [-0.39, 0.29) is 11.4 Å². The van der Waals surface area contributed by atoms with E-state index < -0.39 is 11.9 Å². The molecular weight excluding hydrogens is 705 g/mol. The minimum atomic E-state index is -0.584. The van der Waals surface area contributed by atoms with Crippen molar-refractivity contribution in [3.8, 4) is 16.9 Å². The molecule has 40 heavy (non-hydrogen) atoms. The van der Waals surface area contributed by atoms with E-state index in [2.05, 4.69) is 47.4 Å². The topological polar surface area (TPSA) is 83.5 Å². The number of carbonyl (C=O) groups excluding carboxylic acids is 2. The van der Waals surface area contributed by atoms with Gasteiger partial charge in [-0.1, -0.05) is 81.1 Å². The molecule has 200 valence electrons. The van der Waals surface area contributed by atoms with E-state index in [4.69, 9.17) is 39.5 Å². The molecule has 0 atom stereocenters. The van der Waals surface area contributed by atoms with Crippen LogP contribution in [0, 0.1) is 0 Å². The van der Waals surface area contributed by atoms with Crippen LogP contribution >= 0.6 is 66.7 Å². The largest absolute Gasteiger partial charge is 0.421 e. The normalized spacial score (nSPS) is 11.2. The molecule has 0 spiro atoms. The van der Waals surface area contributed by atoms with Crippen LogP contribution in [0.5, 0.6) is 5.75 Å².